The van der Waals surface area contributed by atoms with Crippen LogP contribution in [0.4, 0.5) is 0 Å². The Morgan fingerprint density at radius 2 is 0.823 bits per heavy atom. The molecule has 3 heterocycles. The van der Waals surface area contributed by atoms with E-state index in [4.69, 9.17) is 21.8 Å². The molecular formula is C57H37N5. The Balaban J connectivity index is 1.16. The van der Waals surface area contributed by atoms with Crippen LogP contribution in [0.1, 0.15) is 6.85 Å². The van der Waals surface area contributed by atoms with E-state index < -0.39 is 6.04 Å². The number of fused-ring (bicyclic) bond motifs is 7. The lowest BCUT2D eigenvalue weighted by Gasteiger charge is -2.16. The molecule has 0 aliphatic heterocycles. The molecule has 5 nitrogen and oxygen atoms in total. The molecule has 0 unspecified atom stereocenters. The highest BCUT2D eigenvalue weighted by molar-refractivity contribution is 6.23. The zero-order chi connectivity index (χ0) is 45.3. The molecule has 0 N–H and O–H groups in total. The second kappa shape index (κ2) is 14.7. The highest BCUT2D eigenvalue weighted by atomic mass is 15.2. The first-order valence-corrected chi connectivity index (χ1v) is 20.5. The van der Waals surface area contributed by atoms with Gasteiger partial charge in [-0.15, -0.1) is 0 Å². The second-order valence-electron chi connectivity index (χ2n) is 15.3. The molecule has 0 aliphatic rings. The maximum atomic E-state index is 8.98. The first-order chi connectivity index (χ1) is 32.8. The van der Waals surface area contributed by atoms with Crippen molar-refractivity contribution in [3.8, 4) is 67.8 Å². The summed E-state index contributed by atoms with van der Waals surface area (Å²) >= 11 is 0. The third-order valence-electron chi connectivity index (χ3n) is 11.7. The zero-order valence-corrected chi connectivity index (χ0v) is 33.2. The minimum Gasteiger partial charge on any atom is -0.307 e. The van der Waals surface area contributed by atoms with E-state index in [0.717, 1.165) is 82.7 Å². The van der Waals surface area contributed by atoms with Gasteiger partial charge >= 0.3 is 0 Å². The number of benzene rings is 9. The van der Waals surface area contributed by atoms with E-state index >= 15 is 0 Å². The van der Waals surface area contributed by atoms with Crippen molar-refractivity contribution < 1.29 is 6.85 Å². The van der Waals surface area contributed by atoms with Gasteiger partial charge in [0.05, 0.1) is 28.9 Å². The maximum absolute atomic E-state index is 8.98. The third kappa shape index (κ3) is 5.90. The van der Waals surface area contributed by atoms with Crippen molar-refractivity contribution in [2.75, 3.05) is 0 Å². The minimum absolute atomic E-state index is 0.149. The van der Waals surface area contributed by atoms with E-state index in [9.17, 15) is 0 Å². The van der Waals surface area contributed by atoms with Gasteiger partial charge < -0.3 is 4.57 Å². The van der Waals surface area contributed by atoms with Crippen molar-refractivity contribution >= 4 is 43.6 Å². The van der Waals surface area contributed by atoms with Gasteiger partial charge in [-0.3, -0.25) is 4.57 Å². The molecule has 0 bridgehead atoms. The molecule has 0 atom stereocenters. The van der Waals surface area contributed by atoms with Crippen molar-refractivity contribution in [2.45, 2.75) is 0 Å². The Hall–Kier alpha value is -8.41. The van der Waals surface area contributed by atoms with Gasteiger partial charge in [0, 0.05) is 38.4 Å². The van der Waals surface area contributed by atoms with E-state index in [-0.39, 0.29) is 29.7 Å². The highest BCUT2D eigenvalue weighted by Gasteiger charge is 2.24. The van der Waals surface area contributed by atoms with Crippen LogP contribution in [0.15, 0.2) is 224 Å². The molecule has 12 rings (SSSR count). The molecule has 0 saturated heterocycles. The van der Waals surface area contributed by atoms with Gasteiger partial charge in [0.1, 0.15) is 0 Å². The molecule has 0 spiro atoms. The average molecular weight is 797 g/mol. The maximum Gasteiger partial charge on any atom is 0.238 e. The predicted octanol–water partition coefficient (Wildman–Crippen LogP) is 14.4. The molecule has 0 radical (unpaired) electrons. The summed E-state index contributed by atoms with van der Waals surface area (Å²) in [4.78, 5) is 15.7. The fourth-order valence-electron chi connectivity index (χ4n) is 8.86. The van der Waals surface area contributed by atoms with E-state index in [1.807, 2.05) is 103 Å². The molecule has 0 fully saturated rings. The lowest BCUT2D eigenvalue weighted by molar-refractivity contribution is 0.953. The summed E-state index contributed by atoms with van der Waals surface area (Å²) in [5, 5.41) is 4.12. The summed E-state index contributed by atoms with van der Waals surface area (Å²) < 4.78 is 47.8. The van der Waals surface area contributed by atoms with Crippen LogP contribution in [0.25, 0.3) is 111 Å². The number of nitrogens with zero attached hydrogens (tertiary/aromatic N) is 5. The summed E-state index contributed by atoms with van der Waals surface area (Å²) in [6, 6.07) is 63.7. The normalized spacial score (nSPS) is 12.7. The van der Waals surface area contributed by atoms with Crippen LogP contribution >= 0.6 is 0 Å². The van der Waals surface area contributed by atoms with Crippen LogP contribution in [0.5, 0.6) is 0 Å². The molecule has 62 heavy (non-hydrogen) atoms. The van der Waals surface area contributed by atoms with Crippen LogP contribution < -0.4 is 0 Å². The summed E-state index contributed by atoms with van der Waals surface area (Å²) in [6.07, 6.45) is 0. The van der Waals surface area contributed by atoms with Gasteiger partial charge in [0.2, 0.25) is 5.95 Å². The van der Waals surface area contributed by atoms with Crippen molar-refractivity contribution in [3.05, 3.63) is 224 Å². The molecule has 0 saturated carbocycles. The number of rotatable bonds is 7. The summed E-state index contributed by atoms with van der Waals surface area (Å²) in [5.74, 6) is 1.55. The Bertz CT molecular complexity index is 3880. The van der Waals surface area contributed by atoms with Gasteiger partial charge in [-0.1, -0.05) is 200 Å². The minimum atomic E-state index is -0.427. The standard InChI is InChI=1S/C57H37N5/c1-5-17-38(18-6-1)39-29-31-43(32-30-39)56-58-55(42-23-11-4-12-24-42)59-57(60-56)62-52-28-16-14-26-47(52)49-36-35-48-46-25-13-15-27-51(46)61(53(48)54(49)62)44-33-34-45(40-19-7-2-8-20-40)50(37-44)41-21-9-3-10-22-41/h1-37H/i2D,7D,8D,19D,20D. The predicted molar refractivity (Wildman–Crippen MR) is 256 cm³/mol. The molecule has 3 aromatic heterocycles. The fourth-order valence-corrected chi connectivity index (χ4v) is 8.86. The number of aromatic nitrogens is 5. The van der Waals surface area contributed by atoms with Crippen LogP contribution in [0, 0.1) is 0 Å². The molecular weight excluding hydrogens is 755 g/mol. The molecule has 9 aromatic carbocycles. The Morgan fingerprint density at radius 3 is 1.45 bits per heavy atom. The number of hydrogen-bond donors (Lipinski definition) is 0. The summed E-state index contributed by atoms with van der Waals surface area (Å²) in [5.41, 5.74) is 10.7. The van der Waals surface area contributed by atoms with E-state index in [2.05, 4.69) is 100 Å². The van der Waals surface area contributed by atoms with Crippen LogP contribution in [0.2, 0.25) is 0 Å². The van der Waals surface area contributed by atoms with Gasteiger partial charge in [-0.25, -0.2) is 4.98 Å². The Labute approximate surface area is 365 Å². The molecule has 0 amide bonds. The van der Waals surface area contributed by atoms with E-state index in [1.165, 1.54) is 0 Å². The van der Waals surface area contributed by atoms with E-state index in [1.54, 1.807) is 0 Å². The zero-order valence-electron chi connectivity index (χ0n) is 38.2. The van der Waals surface area contributed by atoms with Crippen LogP contribution in [0.3, 0.4) is 0 Å². The van der Waals surface area contributed by atoms with Gasteiger partial charge in [-0.2, -0.15) is 9.97 Å². The number of para-hydroxylation sites is 2. The molecule has 12 aromatic rings. The van der Waals surface area contributed by atoms with Crippen molar-refractivity contribution in [2.24, 2.45) is 0 Å². The first kappa shape index (κ1) is 30.6. The second-order valence-corrected chi connectivity index (χ2v) is 15.3. The Kier molecular flexibility index (Phi) is 7.25. The first-order valence-electron chi connectivity index (χ1n) is 23.0. The van der Waals surface area contributed by atoms with Crippen molar-refractivity contribution in [3.63, 3.8) is 0 Å². The lowest BCUT2D eigenvalue weighted by Crippen LogP contribution is -2.07. The van der Waals surface area contributed by atoms with Crippen LogP contribution in [-0.2, 0) is 0 Å². The topological polar surface area (TPSA) is 48.5 Å². The van der Waals surface area contributed by atoms with Gasteiger partial charge in [-0.05, 0) is 57.6 Å². The summed E-state index contributed by atoms with van der Waals surface area (Å²) in [6.45, 7) is 0. The quantitative estimate of drug-likeness (QED) is 0.161. The van der Waals surface area contributed by atoms with Crippen molar-refractivity contribution in [1.82, 2.24) is 24.1 Å². The number of hydrogen-bond acceptors (Lipinski definition) is 3. The van der Waals surface area contributed by atoms with Crippen molar-refractivity contribution in [1.29, 1.82) is 0 Å². The fraction of sp³-hybridized carbons (Fsp3) is 0. The molecule has 290 valence electrons. The SMILES string of the molecule is [2H]c1c([2H])c([2H])c(-c2ccc(-n3c4ccccc4c4ccc5c6ccccc6n(-c6nc(-c7ccccc7)nc(-c7ccc(-c8ccccc8)cc7)n6)c5c43)cc2-c2ccccc2)c([2H])c1[2H]. The Morgan fingerprint density at radius 1 is 0.339 bits per heavy atom. The smallest absolute Gasteiger partial charge is 0.238 e. The highest BCUT2D eigenvalue weighted by Crippen LogP contribution is 2.43. The lowest BCUT2D eigenvalue weighted by atomic mass is 9.94. The largest absolute Gasteiger partial charge is 0.307 e. The van der Waals surface area contributed by atoms with Gasteiger partial charge in [0.15, 0.2) is 11.6 Å². The van der Waals surface area contributed by atoms with E-state index in [0.29, 0.717) is 23.2 Å². The van der Waals surface area contributed by atoms with Gasteiger partial charge in [0.25, 0.3) is 0 Å². The summed E-state index contributed by atoms with van der Waals surface area (Å²) in [7, 11) is 0. The monoisotopic (exact) mass is 796 g/mol. The third-order valence-corrected chi connectivity index (χ3v) is 11.7. The molecule has 5 heteroatoms. The average Bonchev–Trinajstić information content (AvgIpc) is 3.91. The van der Waals surface area contributed by atoms with Crippen LogP contribution in [-0.4, -0.2) is 24.1 Å². The molecule has 0 aliphatic carbocycles.